The van der Waals surface area contributed by atoms with Crippen LogP contribution in [0.25, 0.3) is 0 Å². The number of rotatable bonds is 3. The number of halogens is 1. The molecule has 5 heteroatoms. The van der Waals surface area contributed by atoms with Crippen molar-refractivity contribution in [2.24, 2.45) is 0 Å². The third-order valence-corrected chi connectivity index (χ3v) is 3.53. The van der Waals surface area contributed by atoms with Crippen LogP contribution in [0.1, 0.15) is 12.5 Å². The van der Waals surface area contributed by atoms with E-state index in [0.717, 1.165) is 25.2 Å². The third-order valence-electron chi connectivity index (χ3n) is 3.22. The molecule has 1 aromatic carbocycles. The molecule has 1 aliphatic heterocycles. The zero-order chi connectivity index (χ0) is 13.8. The lowest BCUT2D eigenvalue weighted by Gasteiger charge is -2.31. The highest BCUT2D eigenvalue weighted by atomic mass is 35.5. The number of amides is 1. The van der Waals surface area contributed by atoms with Gasteiger partial charge in [0.2, 0.25) is 5.91 Å². The van der Waals surface area contributed by atoms with E-state index in [4.69, 9.17) is 11.6 Å². The molecule has 4 nitrogen and oxygen atoms in total. The third kappa shape index (κ3) is 4.20. The average Bonchev–Trinajstić information content (AvgIpc) is 2.33. The van der Waals surface area contributed by atoms with E-state index in [0.29, 0.717) is 23.3 Å². The molecule has 0 spiro atoms. The van der Waals surface area contributed by atoms with Gasteiger partial charge in [-0.2, -0.15) is 0 Å². The van der Waals surface area contributed by atoms with Crippen molar-refractivity contribution in [3.8, 4) is 0 Å². The predicted octanol–water partition coefficient (Wildman–Crippen LogP) is 1.88. The molecule has 0 bridgehead atoms. The van der Waals surface area contributed by atoms with Gasteiger partial charge in [-0.25, -0.2) is 0 Å². The molecular weight excluding hydrogens is 262 g/mol. The molecule has 2 rings (SSSR count). The Balaban J connectivity index is 1.90. The molecule has 0 unspecified atom stereocenters. The average molecular weight is 282 g/mol. The standard InChI is InChI=1S/C14H20ClN3O/c1-10-3-4-13(12(15)7-10)17-14(19)9-18-6-5-16-11(2)8-18/h3-4,7,11,16H,5-6,8-9H2,1-2H3,(H,17,19)/t11-/m1/s1. The quantitative estimate of drug-likeness (QED) is 0.889. The molecule has 0 saturated carbocycles. The molecule has 1 aliphatic rings. The van der Waals surface area contributed by atoms with Gasteiger partial charge in [0.25, 0.3) is 0 Å². The van der Waals surface area contributed by atoms with Gasteiger partial charge in [-0.15, -0.1) is 0 Å². The summed E-state index contributed by atoms with van der Waals surface area (Å²) in [5.41, 5.74) is 1.76. The van der Waals surface area contributed by atoms with Crippen LogP contribution in [0, 0.1) is 6.92 Å². The minimum absolute atomic E-state index is 0.0140. The highest BCUT2D eigenvalue weighted by Crippen LogP contribution is 2.22. The van der Waals surface area contributed by atoms with Crippen LogP contribution in [0.3, 0.4) is 0 Å². The molecule has 19 heavy (non-hydrogen) atoms. The van der Waals surface area contributed by atoms with Crippen molar-refractivity contribution in [3.05, 3.63) is 28.8 Å². The SMILES string of the molecule is Cc1ccc(NC(=O)CN2CCN[C@H](C)C2)c(Cl)c1. The number of benzene rings is 1. The second-order valence-corrected chi connectivity index (χ2v) is 5.53. The summed E-state index contributed by atoms with van der Waals surface area (Å²) in [6.07, 6.45) is 0. The molecule has 2 N–H and O–H groups in total. The fourth-order valence-corrected chi connectivity index (χ4v) is 2.55. The van der Waals surface area contributed by atoms with Crippen LogP contribution in [0.15, 0.2) is 18.2 Å². The summed E-state index contributed by atoms with van der Waals surface area (Å²) in [6, 6.07) is 6.07. The van der Waals surface area contributed by atoms with Gasteiger partial charge in [0.1, 0.15) is 0 Å². The van der Waals surface area contributed by atoms with Crippen LogP contribution in [0.5, 0.6) is 0 Å². The van der Waals surface area contributed by atoms with E-state index >= 15 is 0 Å². The molecule has 1 fully saturated rings. The van der Waals surface area contributed by atoms with Crippen molar-refractivity contribution in [2.75, 3.05) is 31.5 Å². The second-order valence-electron chi connectivity index (χ2n) is 5.12. The molecule has 0 aliphatic carbocycles. The van der Waals surface area contributed by atoms with Crippen LogP contribution >= 0.6 is 11.6 Å². The molecular formula is C14H20ClN3O. The molecule has 1 atom stereocenters. The van der Waals surface area contributed by atoms with Crippen molar-refractivity contribution >= 4 is 23.2 Å². The van der Waals surface area contributed by atoms with Crippen LogP contribution in [0.4, 0.5) is 5.69 Å². The monoisotopic (exact) mass is 281 g/mol. The van der Waals surface area contributed by atoms with Crippen LogP contribution in [-0.4, -0.2) is 43.0 Å². The van der Waals surface area contributed by atoms with Gasteiger partial charge in [-0.05, 0) is 31.5 Å². The number of hydrogen-bond acceptors (Lipinski definition) is 3. The largest absolute Gasteiger partial charge is 0.324 e. The van der Waals surface area contributed by atoms with Gasteiger partial charge in [0.15, 0.2) is 0 Å². The number of anilines is 1. The molecule has 1 heterocycles. The number of nitrogens with one attached hydrogen (secondary N) is 2. The van der Waals surface area contributed by atoms with Crippen molar-refractivity contribution in [1.82, 2.24) is 10.2 Å². The van der Waals surface area contributed by atoms with E-state index in [1.807, 2.05) is 25.1 Å². The summed E-state index contributed by atoms with van der Waals surface area (Å²) in [6.45, 7) is 7.24. The van der Waals surface area contributed by atoms with E-state index < -0.39 is 0 Å². The van der Waals surface area contributed by atoms with Crippen molar-refractivity contribution in [3.63, 3.8) is 0 Å². The molecule has 1 saturated heterocycles. The lowest BCUT2D eigenvalue weighted by Crippen LogP contribution is -2.51. The number of nitrogens with zero attached hydrogens (tertiary/aromatic N) is 1. The summed E-state index contributed by atoms with van der Waals surface area (Å²) < 4.78 is 0. The minimum atomic E-state index is -0.0140. The maximum atomic E-state index is 12.0. The van der Waals surface area contributed by atoms with Crippen molar-refractivity contribution < 1.29 is 4.79 Å². The first-order valence-electron chi connectivity index (χ1n) is 6.56. The first-order chi connectivity index (χ1) is 9.04. The summed E-state index contributed by atoms with van der Waals surface area (Å²) in [4.78, 5) is 14.1. The van der Waals surface area contributed by atoms with E-state index in [-0.39, 0.29) is 5.91 Å². The molecule has 0 aromatic heterocycles. The Hall–Kier alpha value is -1.10. The minimum Gasteiger partial charge on any atom is -0.324 e. The Kier molecular flexibility index (Phi) is 4.80. The van der Waals surface area contributed by atoms with Gasteiger partial charge < -0.3 is 10.6 Å². The number of aryl methyl sites for hydroxylation is 1. The maximum absolute atomic E-state index is 12.0. The van der Waals surface area contributed by atoms with Crippen molar-refractivity contribution in [1.29, 1.82) is 0 Å². The zero-order valence-corrected chi connectivity index (χ0v) is 12.1. The van der Waals surface area contributed by atoms with E-state index in [9.17, 15) is 4.79 Å². The van der Waals surface area contributed by atoms with Crippen molar-refractivity contribution in [2.45, 2.75) is 19.9 Å². The fraction of sp³-hybridized carbons (Fsp3) is 0.500. The Bertz CT molecular complexity index is 464. The Labute approximate surface area is 119 Å². The molecule has 104 valence electrons. The Morgan fingerprint density at radius 2 is 2.37 bits per heavy atom. The summed E-state index contributed by atoms with van der Waals surface area (Å²) in [7, 11) is 0. The first kappa shape index (κ1) is 14.3. The number of piperazine rings is 1. The number of carbonyl (C=O) groups is 1. The summed E-state index contributed by atoms with van der Waals surface area (Å²) >= 11 is 6.10. The molecule has 1 amide bonds. The summed E-state index contributed by atoms with van der Waals surface area (Å²) in [5, 5.41) is 6.81. The lowest BCUT2D eigenvalue weighted by molar-refractivity contribution is -0.117. The predicted molar refractivity (Wildman–Crippen MR) is 78.7 cm³/mol. The Morgan fingerprint density at radius 1 is 1.58 bits per heavy atom. The van der Waals surface area contributed by atoms with Gasteiger partial charge in [-0.1, -0.05) is 17.7 Å². The topological polar surface area (TPSA) is 44.4 Å². The van der Waals surface area contributed by atoms with Gasteiger partial charge in [-0.3, -0.25) is 9.69 Å². The lowest BCUT2D eigenvalue weighted by atomic mass is 10.2. The van der Waals surface area contributed by atoms with Crippen LogP contribution in [-0.2, 0) is 4.79 Å². The smallest absolute Gasteiger partial charge is 0.238 e. The zero-order valence-electron chi connectivity index (χ0n) is 11.4. The highest BCUT2D eigenvalue weighted by molar-refractivity contribution is 6.33. The summed E-state index contributed by atoms with van der Waals surface area (Å²) in [5.74, 6) is -0.0140. The van der Waals surface area contributed by atoms with Gasteiger partial charge in [0.05, 0.1) is 17.3 Å². The van der Waals surface area contributed by atoms with Gasteiger partial charge >= 0.3 is 0 Å². The maximum Gasteiger partial charge on any atom is 0.238 e. The first-order valence-corrected chi connectivity index (χ1v) is 6.94. The Morgan fingerprint density at radius 3 is 3.05 bits per heavy atom. The second kappa shape index (κ2) is 6.37. The highest BCUT2D eigenvalue weighted by Gasteiger charge is 2.18. The molecule has 1 aromatic rings. The van der Waals surface area contributed by atoms with Crippen LogP contribution < -0.4 is 10.6 Å². The van der Waals surface area contributed by atoms with Gasteiger partial charge in [0, 0.05) is 25.7 Å². The van der Waals surface area contributed by atoms with Crippen LogP contribution in [0.2, 0.25) is 5.02 Å². The number of carbonyl (C=O) groups excluding carboxylic acids is 1. The number of hydrogen-bond donors (Lipinski definition) is 2. The normalized spacial score (nSPS) is 20.3. The molecule has 0 radical (unpaired) electrons. The van der Waals surface area contributed by atoms with E-state index in [1.165, 1.54) is 0 Å². The fourth-order valence-electron chi connectivity index (χ4n) is 2.27. The van der Waals surface area contributed by atoms with E-state index in [1.54, 1.807) is 0 Å². The van der Waals surface area contributed by atoms with E-state index in [2.05, 4.69) is 22.5 Å².